The molecule has 13 heavy (non-hydrogen) atoms. The van der Waals surface area contributed by atoms with Crippen LogP contribution in [0.3, 0.4) is 0 Å². The highest BCUT2D eigenvalue weighted by Crippen LogP contribution is 2.27. The Bertz CT molecular complexity index is 219. The summed E-state index contributed by atoms with van der Waals surface area (Å²) in [6.07, 6.45) is 3.80. The Kier molecular flexibility index (Phi) is 3.75. The maximum absolute atomic E-state index is 11.4. The van der Waals surface area contributed by atoms with E-state index in [1.807, 2.05) is 0 Å². The van der Waals surface area contributed by atoms with Gasteiger partial charge >= 0.3 is 5.97 Å². The quantitative estimate of drug-likeness (QED) is 0.482. The Morgan fingerprint density at radius 3 is 2.85 bits per heavy atom. The van der Waals surface area contributed by atoms with Crippen molar-refractivity contribution in [2.75, 3.05) is 6.61 Å². The molecule has 0 aromatic heterocycles. The lowest BCUT2D eigenvalue weighted by Gasteiger charge is -2.21. The molecule has 0 heterocycles. The van der Waals surface area contributed by atoms with Crippen molar-refractivity contribution in [1.29, 1.82) is 0 Å². The topological polar surface area (TPSA) is 30.7 Å². The van der Waals surface area contributed by atoms with Crippen LogP contribution in [0.5, 0.6) is 0 Å². The van der Waals surface area contributed by atoms with Crippen LogP contribution >= 0.6 is 0 Å². The molecular weight excluding hydrogens is 166 g/mol. The molecule has 3 heteroatoms. The minimum Gasteiger partial charge on any atom is -0.466 e. The molecule has 72 valence electrons. The molecule has 0 amide bonds. The van der Waals surface area contributed by atoms with Crippen LogP contribution in [-0.4, -0.2) is 18.6 Å². The summed E-state index contributed by atoms with van der Waals surface area (Å²) in [5.41, 5.74) is 0. The Hall–Kier alpha value is -1.04. The second kappa shape index (κ2) is 4.86. The minimum absolute atomic E-state index is 0.132. The third-order valence-electron chi connectivity index (χ3n) is 2.48. The number of hydrogen-bond acceptors (Lipinski definition) is 2. The van der Waals surface area contributed by atoms with Gasteiger partial charge in [0.15, 0.2) is 0 Å². The molecule has 3 nitrogen and oxygen atoms in total. The maximum atomic E-state index is 11.4. The zero-order chi connectivity index (χ0) is 9.68. The minimum atomic E-state index is -0.178. The van der Waals surface area contributed by atoms with Gasteiger partial charge in [-0.3, -0.25) is 4.79 Å². The van der Waals surface area contributed by atoms with E-state index in [1.165, 1.54) is 0 Å². The number of carbonyl (C=O) groups excluding carboxylic acids is 1. The van der Waals surface area contributed by atoms with Crippen LogP contribution in [0.2, 0.25) is 0 Å². The predicted molar refractivity (Wildman–Crippen MR) is 49.0 cm³/mol. The van der Waals surface area contributed by atoms with Gasteiger partial charge in [-0.2, -0.15) is 0 Å². The number of carbonyl (C=O) groups is 1. The number of nitrogens with zero attached hydrogens (tertiary/aromatic N) is 1. The zero-order valence-electron chi connectivity index (χ0n) is 7.95. The molecule has 0 aromatic rings. The van der Waals surface area contributed by atoms with Crippen molar-refractivity contribution in [2.45, 2.75) is 38.6 Å². The molecular formula is C10H15NO2. The fourth-order valence-electron chi connectivity index (χ4n) is 1.79. The summed E-state index contributed by atoms with van der Waals surface area (Å²) in [6, 6.07) is -0.132. The van der Waals surface area contributed by atoms with Crippen LogP contribution in [0.1, 0.15) is 32.6 Å². The first-order valence-corrected chi connectivity index (χ1v) is 4.82. The lowest BCUT2D eigenvalue weighted by atomic mass is 9.85. The zero-order valence-corrected chi connectivity index (χ0v) is 7.95. The smallest absolute Gasteiger partial charge is 0.316 e. The van der Waals surface area contributed by atoms with E-state index in [0.717, 1.165) is 25.7 Å². The molecule has 1 rings (SSSR count). The summed E-state index contributed by atoms with van der Waals surface area (Å²) in [6.45, 7) is 9.19. The molecule has 0 radical (unpaired) electrons. The molecule has 2 unspecified atom stereocenters. The van der Waals surface area contributed by atoms with Crippen molar-refractivity contribution in [3.05, 3.63) is 11.4 Å². The molecule has 1 saturated carbocycles. The molecule has 0 bridgehead atoms. The number of rotatable bonds is 2. The van der Waals surface area contributed by atoms with Gasteiger partial charge in [0.05, 0.1) is 6.61 Å². The lowest BCUT2D eigenvalue weighted by Crippen LogP contribution is -2.30. The Morgan fingerprint density at radius 2 is 2.23 bits per heavy atom. The highest BCUT2D eigenvalue weighted by molar-refractivity contribution is 5.73. The Labute approximate surface area is 78.9 Å². The van der Waals surface area contributed by atoms with Gasteiger partial charge in [-0.25, -0.2) is 6.57 Å². The maximum Gasteiger partial charge on any atom is 0.316 e. The highest BCUT2D eigenvalue weighted by Gasteiger charge is 2.36. The van der Waals surface area contributed by atoms with E-state index < -0.39 is 0 Å². The van der Waals surface area contributed by atoms with Crippen molar-refractivity contribution in [3.8, 4) is 0 Å². The van der Waals surface area contributed by atoms with Gasteiger partial charge < -0.3 is 9.58 Å². The third kappa shape index (κ3) is 2.45. The van der Waals surface area contributed by atoms with E-state index in [4.69, 9.17) is 11.3 Å². The monoisotopic (exact) mass is 181 g/mol. The van der Waals surface area contributed by atoms with Crippen molar-refractivity contribution < 1.29 is 9.53 Å². The molecule has 0 aromatic carbocycles. The molecule has 0 saturated heterocycles. The molecule has 0 N–H and O–H groups in total. The van der Waals surface area contributed by atoms with Crippen LogP contribution < -0.4 is 0 Å². The van der Waals surface area contributed by atoms with Gasteiger partial charge in [0, 0.05) is 6.42 Å². The van der Waals surface area contributed by atoms with Crippen LogP contribution in [0.15, 0.2) is 0 Å². The Morgan fingerprint density at radius 1 is 1.54 bits per heavy atom. The normalized spacial score (nSPS) is 27.7. The van der Waals surface area contributed by atoms with Crippen LogP contribution in [-0.2, 0) is 9.53 Å². The second-order valence-corrected chi connectivity index (χ2v) is 3.34. The predicted octanol–water partition coefficient (Wildman–Crippen LogP) is 2.03. The summed E-state index contributed by atoms with van der Waals surface area (Å²) in [5.74, 6) is -0.339. The average molecular weight is 181 g/mol. The largest absolute Gasteiger partial charge is 0.466 e. The van der Waals surface area contributed by atoms with Crippen LogP contribution in [0.4, 0.5) is 0 Å². The summed E-state index contributed by atoms with van der Waals surface area (Å²) in [7, 11) is 0. The third-order valence-corrected chi connectivity index (χ3v) is 2.48. The van der Waals surface area contributed by atoms with Gasteiger partial charge in [0.25, 0.3) is 0 Å². The first kappa shape index (κ1) is 10.0. The van der Waals surface area contributed by atoms with Crippen molar-refractivity contribution >= 4 is 5.97 Å². The number of esters is 1. The fraction of sp³-hybridized carbons (Fsp3) is 0.800. The van der Waals surface area contributed by atoms with Gasteiger partial charge in [-0.1, -0.05) is 6.42 Å². The molecule has 2 atom stereocenters. The van der Waals surface area contributed by atoms with Gasteiger partial charge in [0.1, 0.15) is 5.92 Å². The SMILES string of the molecule is [C-]#[N+]C1CCCCC1C(=O)OCC. The van der Waals surface area contributed by atoms with E-state index >= 15 is 0 Å². The Balaban J connectivity index is 2.54. The van der Waals surface area contributed by atoms with Gasteiger partial charge in [-0.15, -0.1) is 0 Å². The van der Waals surface area contributed by atoms with Crippen LogP contribution in [0.25, 0.3) is 4.85 Å². The fourth-order valence-corrected chi connectivity index (χ4v) is 1.79. The van der Waals surface area contributed by atoms with Crippen molar-refractivity contribution in [3.63, 3.8) is 0 Å². The van der Waals surface area contributed by atoms with E-state index in [0.29, 0.717) is 6.61 Å². The number of ether oxygens (including phenoxy) is 1. The van der Waals surface area contributed by atoms with E-state index in [-0.39, 0.29) is 17.9 Å². The number of hydrogen-bond donors (Lipinski definition) is 0. The van der Waals surface area contributed by atoms with E-state index in [1.54, 1.807) is 6.92 Å². The lowest BCUT2D eigenvalue weighted by molar-refractivity contribution is -0.149. The molecule has 0 spiro atoms. The van der Waals surface area contributed by atoms with Gasteiger partial charge in [0.2, 0.25) is 6.04 Å². The second-order valence-electron chi connectivity index (χ2n) is 3.34. The summed E-state index contributed by atoms with van der Waals surface area (Å²) < 4.78 is 4.93. The molecule has 0 aliphatic heterocycles. The standard InChI is InChI=1S/C10H15NO2/c1-3-13-10(12)8-6-4-5-7-9(8)11-2/h8-9H,3-7H2,1H3. The first-order chi connectivity index (χ1) is 6.29. The summed E-state index contributed by atoms with van der Waals surface area (Å²) in [4.78, 5) is 14.9. The van der Waals surface area contributed by atoms with E-state index in [9.17, 15) is 4.79 Å². The summed E-state index contributed by atoms with van der Waals surface area (Å²) in [5, 5.41) is 0. The molecule has 1 aliphatic rings. The molecule has 1 aliphatic carbocycles. The average Bonchev–Trinajstić information content (AvgIpc) is 2.18. The van der Waals surface area contributed by atoms with Crippen LogP contribution in [0, 0.1) is 12.5 Å². The van der Waals surface area contributed by atoms with Crippen molar-refractivity contribution in [2.24, 2.45) is 5.92 Å². The van der Waals surface area contributed by atoms with Crippen molar-refractivity contribution in [1.82, 2.24) is 0 Å². The first-order valence-electron chi connectivity index (χ1n) is 4.82. The highest BCUT2D eigenvalue weighted by atomic mass is 16.5. The summed E-state index contributed by atoms with van der Waals surface area (Å²) >= 11 is 0. The van der Waals surface area contributed by atoms with E-state index in [2.05, 4.69) is 4.85 Å². The molecule has 1 fully saturated rings. The van der Waals surface area contributed by atoms with Gasteiger partial charge in [-0.05, 0) is 19.8 Å².